The molecule has 27 heavy (non-hydrogen) atoms. The summed E-state index contributed by atoms with van der Waals surface area (Å²) in [4.78, 5) is 22.0. The summed E-state index contributed by atoms with van der Waals surface area (Å²) in [7, 11) is 0. The number of thiophene rings is 1. The van der Waals surface area contributed by atoms with Crippen LogP contribution in [0.2, 0.25) is 0 Å². The van der Waals surface area contributed by atoms with Crippen LogP contribution in [0.1, 0.15) is 47.1 Å². The molecular weight excluding hydrogens is 374 g/mol. The van der Waals surface area contributed by atoms with Crippen molar-refractivity contribution in [1.29, 1.82) is 0 Å². The molecule has 0 N–H and O–H groups in total. The highest BCUT2D eigenvalue weighted by molar-refractivity contribution is 7.19. The van der Waals surface area contributed by atoms with Crippen LogP contribution in [0.15, 0.2) is 11.6 Å². The van der Waals surface area contributed by atoms with Crippen LogP contribution >= 0.6 is 22.7 Å². The normalized spacial score (nSPS) is 19.4. The van der Waals surface area contributed by atoms with Crippen molar-refractivity contribution in [1.82, 2.24) is 19.9 Å². The van der Waals surface area contributed by atoms with Crippen LogP contribution in [0.25, 0.3) is 10.2 Å². The maximum Gasteiger partial charge on any atom is 0.141 e. The van der Waals surface area contributed by atoms with Crippen molar-refractivity contribution in [3.63, 3.8) is 0 Å². The molecule has 7 heteroatoms. The van der Waals surface area contributed by atoms with Gasteiger partial charge in [-0.2, -0.15) is 0 Å². The minimum absolute atomic E-state index is 0.396. The van der Waals surface area contributed by atoms with Gasteiger partial charge in [-0.15, -0.1) is 22.7 Å². The van der Waals surface area contributed by atoms with Gasteiger partial charge in [0.2, 0.25) is 0 Å². The Bertz CT molecular complexity index is 941. The van der Waals surface area contributed by atoms with E-state index in [1.807, 2.05) is 24.5 Å². The minimum Gasteiger partial charge on any atom is -0.353 e. The van der Waals surface area contributed by atoms with E-state index in [2.05, 4.69) is 27.1 Å². The first-order chi connectivity index (χ1) is 13.2. The zero-order valence-corrected chi connectivity index (χ0v) is 17.6. The molecule has 1 saturated heterocycles. The highest BCUT2D eigenvalue weighted by atomic mass is 32.1. The summed E-state index contributed by atoms with van der Waals surface area (Å²) in [6.45, 7) is 8.45. The summed E-state index contributed by atoms with van der Waals surface area (Å²) in [5, 5.41) is 4.64. The Morgan fingerprint density at radius 3 is 2.67 bits per heavy atom. The number of aryl methyl sites for hydroxylation is 3. The molecule has 3 aromatic heterocycles. The molecule has 5 rings (SSSR count). The molecule has 0 spiro atoms. The van der Waals surface area contributed by atoms with Crippen molar-refractivity contribution in [3.8, 4) is 0 Å². The standard InChI is InChI=1S/C20H25N5S2/c1-13(19-21-7-12-26-19)24-8-10-25(11-9-24)18-17-15-5-3-4-6-16(15)27-20(17)23-14(2)22-18/h7,12-13H,3-6,8-11H2,1-2H3. The maximum absolute atomic E-state index is 4.92. The second kappa shape index (κ2) is 7.11. The van der Waals surface area contributed by atoms with Crippen LogP contribution in [0.5, 0.6) is 0 Å². The molecule has 5 nitrogen and oxygen atoms in total. The summed E-state index contributed by atoms with van der Waals surface area (Å²) < 4.78 is 0. The molecule has 0 amide bonds. The van der Waals surface area contributed by atoms with Crippen molar-refractivity contribution in [2.45, 2.75) is 45.6 Å². The van der Waals surface area contributed by atoms with E-state index >= 15 is 0 Å². The first-order valence-electron chi connectivity index (χ1n) is 9.88. The average molecular weight is 400 g/mol. The lowest BCUT2D eigenvalue weighted by molar-refractivity contribution is 0.198. The zero-order chi connectivity index (χ0) is 18.4. The number of piperazine rings is 1. The molecule has 1 aliphatic carbocycles. The second-order valence-corrected chi connectivity index (χ2v) is 9.56. The molecule has 142 valence electrons. The van der Waals surface area contributed by atoms with Crippen LogP contribution in [0.4, 0.5) is 5.82 Å². The van der Waals surface area contributed by atoms with E-state index in [4.69, 9.17) is 9.97 Å². The third-order valence-corrected chi connectivity index (χ3v) is 8.01. The highest BCUT2D eigenvalue weighted by Crippen LogP contribution is 2.40. The minimum atomic E-state index is 0.396. The molecule has 4 heterocycles. The van der Waals surface area contributed by atoms with Crippen LogP contribution in [0.3, 0.4) is 0 Å². The first kappa shape index (κ1) is 17.5. The van der Waals surface area contributed by atoms with E-state index in [-0.39, 0.29) is 0 Å². The van der Waals surface area contributed by atoms with Gasteiger partial charge in [0.15, 0.2) is 0 Å². The van der Waals surface area contributed by atoms with Crippen molar-refractivity contribution >= 4 is 38.7 Å². The molecule has 1 fully saturated rings. The van der Waals surface area contributed by atoms with Gasteiger partial charge in [-0.05, 0) is 45.1 Å². The molecule has 1 unspecified atom stereocenters. The van der Waals surface area contributed by atoms with Gasteiger partial charge in [-0.3, -0.25) is 4.90 Å². The number of rotatable bonds is 3. The van der Waals surface area contributed by atoms with E-state index < -0.39 is 0 Å². The first-order valence-corrected chi connectivity index (χ1v) is 11.6. The summed E-state index contributed by atoms with van der Waals surface area (Å²) in [5.41, 5.74) is 1.54. The van der Waals surface area contributed by atoms with Crippen molar-refractivity contribution in [3.05, 3.63) is 32.8 Å². The van der Waals surface area contributed by atoms with E-state index in [1.54, 1.807) is 16.2 Å². The lowest BCUT2D eigenvalue weighted by Crippen LogP contribution is -2.47. The number of aromatic nitrogens is 3. The number of hydrogen-bond acceptors (Lipinski definition) is 7. The van der Waals surface area contributed by atoms with Crippen molar-refractivity contribution in [2.75, 3.05) is 31.1 Å². The molecular formula is C20H25N5S2. The van der Waals surface area contributed by atoms with E-state index in [9.17, 15) is 0 Å². The van der Waals surface area contributed by atoms with Gasteiger partial charge in [-0.25, -0.2) is 15.0 Å². The smallest absolute Gasteiger partial charge is 0.141 e. The molecule has 0 saturated carbocycles. The third-order valence-electron chi connectivity index (χ3n) is 5.88. The van der Waals surface area contributed by atoms with Gasteiger partial charge in [0, 0.05) is 42.6 Å². The van der Waals surface area contributed by atoms with Crippen LogP contribution in [0, 0.1) is 6.92 Å². The fourth-order valence-corrected chi connectivity index (χ4v) is 6.42. The average Bonchev–Trinajstić information content (AvgIpc) is 3.34. The summed E-state index contributed by atoms with van der Waals surface area (Å²) >= 11 is 3.66. The Morgan fingerprint density at radius 1 is 1.07 bits per heavy atom. The quantitative estimate of drug-likeness (QED) is 0.660. The Balaban J connectivity index is 1.42. The van der Waals surface area contributed by atoms with Gasteiger partial charge in [0.05, 0.1) is 11.4 Å². The Hall–Kier alpha value is -1.57. The van der Waals surface area contributed by atoms with Crippen LogP contribution in [-0.4, -0.2) is 46.0 Å². The number of anilines is 1. The van der Waals surface area contributed by atoms with E-state index in [1.165, 1.54) is 52.3 Å². The molecule has 0 radical (unpaired) electrons. The van der Waals surface area contributed by atoms with Gasteiger partial charge in [0.1, 0.15) is 21.5 Å². The Labute approximate surface area is 168 Å². The molecule has 0 aromatic carbocycles. The highest BCUT2D eigenvalue weighted by Gasteiger charge is 2.27. The van der Waals surface area contributed by atoms with E-state index in [0.717, 1.165) is 32.0 Å². The summed E-state index contributed by atoms with van der Waals surface area (Å²) in [5.74, 6) is 2.08. The predicted molar refractivity (Wildman–Crippen MR) is 113 cm³/mol. The molecule has 1 aliphatic heterocycles. The number of hydrogen-bond donors (Lipinski definition) is 0. The molecule has 3 aromatic rings. The number of nitrogens with zero attached hydrogens (tertiary/aromatic N) is 5. The molecule has 0 bridgehead atoms. The molecule has 2 aliphatic rings. The number of thiazole rings is 1. The monoisotopic (exact) mass is 399 g/mol. The summed E-state index contributed by atoms with van der Waals surface area (Å²) in [6, 6.07) is 0.396. The van der Waals surface area contributed by atoms with Crippen molar-refractivity contribution < 1.29 is 0 Å². The Morgan fingerprint density at radius 2 is 1.89 bits per heavy atom. The second-order valence-electron chi connectivity index (χ2n) is 7.55. The summed E-state index contributed by atoms with van der Waals surface area (Å²) in [6.07, 6.45) is 6.93. The topological polar surface area (TPSA) is 45.2 Å². The SMILES string of the molecule is Cc1nc(N2CCN(C(C)c3nccs3)CC2)c2c3c(sc2n1)CCCC3. The van der Waals surface area contributed by atoms with Crippen molar-refractivity contribution in [2.24, 2.45) is 0 Å². The Kier molecular flexibility index (Phi) is 4.61. The number of fused-ring (bicyclic) bond motifs is 3. The lowest BCUT2D eigenvalue weighted by atomic mass is 9.97. The zero-order valence-electron chi connectivity index (χ0n) is 15.9. The predicted octanol–water partition coefficient (Wildman–Crippen LogP) is 4.22. The fraction of sp³-hybridized carbons (Fsp3) is 0.550. The van der Waals surface area contributed by atoms with Gasteiger partial charge >= 0.3 is 0 Å². The maximum atomic E-state index is 4.92. The molecule has 1 atom stereocenters. The fourth-order valence-electron chi connectivity index (χ4n) is 4.39. The van der Waals surface area contributed by atoms with Gasteiger partial charge in [0.25, 0.3) is 0 Å². The van der Waals surface area contributed by atoms with Crippen LogP contribution < -0.4 is 4.90 Å². The van der Waals surface area contributed by atoms with Gasteiger partial charge in [-0.1, -0.05) is 0 Å². The van der Waals surface area contributed by atoms with Gasteiger partial charge < -0.3 is 4.90 Å². The largest absolute Gasteiger partial charge is 0.353 e. The van der Waals surface area contributed by atoms with E-state index in [0.29, 0.717) is 6.04 Å². The lowest BCUT2D eigenvalue weighted by Gasteiger charge is -2.38. The third kappa shape index (κ3) is 3.15. The van der Waals surface area contributed by atoms with Crippen LogP contribution in [-0.2, 0) is 12.8 Å².